The Kier molecular flexibility index (Phi) is 8.10. The molecule has 14 rings (SSSR count). The van der Waals surface area contributed by atoms with Crippen molar-refractivity contribution in [2.45, 2.75) is 5.41 Å². The third-order valence-electron chi connectivity index (χ3n) is 14.2. The first kappa shape index (κ1) is 37.2. The van der Waals surface area contributed by atoms with Gasteiger partial charge in [-0.3, -0.25) is 0 Å². The fraction of sp³-hybridized carbons (Fsp3) is 0.0159. The monoisotopic (exact) mass is 856 g/mol. The largest absolute Gasteiger partial charge is 0.310 e. The van der Waals surface area contributed by atoms with Gasteiger partial charge in [0.05, 0.1) is 16.8 Å². The number of fused-ring (bicyclic) bond motifs is 16. The minimum Gasteiger partial charge on any atom is -0.310 e. The van der Waals surface area contributed by atoms with E-state index >= 15 is 0 Å². The normalized spacial score (nSPS) is 13.0. The lowest BCUT2D eigenvalue weighted by Gasteiger charge is -2.33. The highest BCUT2D eigenvalue weighted by Crippen LogP contribution is 2.66. The summed E-state index contributed by atoms with van der Waals surface area (Å²) in [5.74, 6) is 0. The molecule has 2 nitrogen and oxygen atoms in total. The summed E-state index contributed by atoms with van der Waals surface area (Å²) in [7, 11) is 0. The number of thiophene rings is 1. The van der Waals surface area contributed by atoms with Gasteiger partial charge in [0, 0.05) is 59.3 Å². The molecule has 3 heteroatoms. The molecule has 2 aliphatic rings. The molecule has 1 aromatic heterocycles. The predicted molar refractivity (Wildman–Crippen MR) is 280 cm³/mol. The van der Waals surface area contributed by atoms with Crippen molar-refractivity contribution in [3.8, 4) is 22.3 Å². The van der Waals surface area contributed by atoms with Gasteiger partial charge < -0.3 is 9.80 Å². The Bertz CT molecular complexity index is 3720. The van der Waals surface area contributed by atoms with Gasteiger partial charge in [-0.05, 0) is 116 Å². The molecule has 66 heavy (non-hydrogen) atoms. The number of anilines is 6. The van der Waals surface area contributed by atoms with Crippen LogP contribution in [-0.2, 0) is 5.41 Å². The van der Waals surface area contributed by atoms with Gasteiger partial charge in [0.2, 0.25) is 0 Å². The maximum Gasteiger partial charge on any atom is 0.0727 e. The van der Waals surface area contributed by atoms with Crippen LogP contribution in [0.25, 0.3) is 64.0 Å². The Morgan fingerprint density at radius 2 is 0.803 bits per heavy atom. The molecule has 0 radical (unpaired) electrons. The Morgan fingerprint density at radius 1 is 0.303 bits per heavy atom. The van der Waals surface area contributed by atoms with Gasteiger partial charge >= 0.3 is 0 Å². The topological polar surface area (TPSA) is 6.48 Å². The molecule has 0 N–H and O–H groups in total. The molecule has 0 aliphatic heterocycles. The van der Waals surface area contributed by atoms with Crippen LogP contribution in [0.15, 0.2) is 243 Å². The van der Waals surface area contributed by atoms with Crippen molar-refractivity contribution in [3.05, 3.63) is 265 Å². The summed E-state index contributed by atoms with van der Waals surface area (Å²) in [6.45, 7) is 0. The van der Waals surface area contributed by atoms with Gasteiger partial charge in [0.15, 0.2) is 0 Å². The molecule has 2 aliphatic carbocycles. The number of para-hydroxylation sites is 2. The van der Waals surface area contributed by atoms with Crippen molar-refractivity contribution in [3.63, 3.8) is 0 Å². The molecule has 308 valence electrons. The summed E-state index contributed by atoms with van der Waals surface area (Å²) in [6.07, 6.45) is 0. The quantitative estimate of drug-likeness (QED) is 0.164. The van der Waals surface area contributed by atoms with Gasteiger partial charge in [-0.2, -0.15) is 0 Å². The van der Waals surface area contributed by atoms with Crippen LogP contribution in [0.4, 0.5) is 34.1 Å². The molecule has 0 amide bonds. The van der Waals surface area contributed by atoms with E-state index in [2.05, 4.69) is 252 Å². The summed E-state index contributed by atoms with van der Waals surface area (Å²) in [5.41, 5.74) is 16.6. The molecule has 12 aromatic rings. The zero-order chi connectivity index (χ0) is 43.3. The fourth-order valence-corrected chi connectivity index (χ4v) is 12.8. The van der Waals surface area contributed by atoms with Crippen LogP contribution in [0.1, 0.15) is 22.3 Å². The number of hydrogen-bond donors (Lipinski definition) is 0. The SMILES string of the molecule is c1ccc(N(c2ccc3c(c2)C2(c4cc(N(c5ccccc5)c5cccc6ccccc56)ccc4-3)c3ccccc3-c3c2ccc2c3sc3ccccc32)c2cccc3ccccc23)cc1. The maximum absolute atomic E-state index is 2.52. The third kappa shape index (κ3) is 5.23. The summed E-state index contributed by atoms with van der Waals surface area (Å²) >= 11 is 1.93. The zero-order valence-electron chi connectivity index (χ0n) is 35.9. The summed E-state index contributed by atoms with van der Waals surface area (Å²) in [4.78, 5) is 4.92. The number of nitrogens with zero attached hydrogens (tertiary/aromatic N) is 2. The smallest absolute Gasteiger partial charge is 0.0727 e. The Morgan fingerprint density at radius 3 is 1.41 bits per heavy atom. The Balaban J connectivity index is 1.08. The average Bonchev–Trinajstić information content (AvgIpc) is 4.01. The van der Waals surface area contributed by atoms with Gasteiger partial charge in [0.25, 0.3) is 0 Å². The lowest BCUT2D eigenvalue weighted by molar-refractivity contribution is 0.794. The Hall–Kier alpha value is -8.24. The molecule has 11 aromatic carbocycles. The standard InChI is InChI=1S/C63H40N2S/c1-3-21-43(22-4-1)64(58-30-15-19-41-17-7-9-25-47(41)58)45-33-35-49-50-36-34-46(65(44-23-5-2-6-24-44)59-31-16-20-42-18-8-10-26-48(42)59)40-57(50)63(56(49)39-45)54-29-13-11-28-53(54)61-55(63)38-37-52-51-27-12-14-32-60(51)66-62(52)61/h1-40H. The van der Waals surface area contributed by atoms with Crippen molar-refractivity contribution >= 4 is 87.2 Å². The van der Waals surface area contributed by atoms with Crippen molar-refractivity contribution in [1.29, 1.82) is 0 Å². The first-order chi connectivity index (χ1) is 32.8. The van der Waals surface area contributed by atoms with Gasteiger partial charge in [0.1, 0.15) is 0 Å². The molecular formula is C63H40N2S. The van der Waals surface area contributed by atoms with E-state index in [1.54, 1.807) is 0 Å². The van der Waals surface area contributed by atoms with E-state index in [9.17, 15) is 0 Å². The first-order valence-corrected chi connectivity index (χ1v) is 23.6. The average molecular weight is 857 g/mol. The molecule has 0 fully saturated rings. The van der Waals surface area contributed by atoms with Crippen molar-refractivity contribution in [2.75, 3.05) is 9.80 Å². The van der Waals surface area contributed by atoms with E-state index in [4.69, 9.17) is 0 Å². The summed E-state index contributed by atoms with van der Waals surface area (Å²) in [6, 6.07) is 90.1. The molecule has 0 atom stereocenters. The molecular weight excluding hydrogens is 817 g/mol. The van der Waals surface area contributed by atoms with Crippen LogP contribution in [0, 0.1) is 0 Å². The van der Waals surface area contributed by atoms with Crippen LogP contribution >= 0.6 is 11.3 Å². The van der Waals surface area contributed by atoms with Crippen molar-refractivity contribution in [1.82, 2.24) is 0 Å². The number of benzene rings is 11. The molecule has 0 unspecified atom stereocenters. The third-order valence-corrected chi connectivity index (χ3v) is 15.4. The lowest BCUT2D eigenvalue weighted by atomic mass is 9.70. The highest BCUT2D eigenvalue weighted by atomic mass is 32.1. The summed E-state index contributed by atoms with van der Waals surface area (Å²) in [5, 5.41) is 7.50. The Labute approximate surface area is 387 Å². The molecule has 1 heterocycles. The summed E-state index contributed by atoms with van der Waals surface area (Å²) < 4.78 is 2.67. The second-order valence-corrected chi connectivity index (χ2v) is 18.6. The van der Waals surface area contributed by atoms with E-state index in [0.717, 1.165) is 34.1 Å². The van der Waals surface area contributed by atoms with Crippen molar-refractivity contribution in [2.24, 2.45) is 0 Å². The second-order valence-electron chi connectivity index (χ2n) is 17.6. The van der Waals surface area contributed by atoms with Gasteiger partial charge in [-0.1, -0.05) is 176 Å². The minimum absolute atomic E-state index is 0.616. The van der Waals surface area contributed by atoms with E-state index in [1.165, 1.54) is 86.2 Å². The van der Waals surface area contributed by atoms with Crippen LogP contribution in [0.2, 0.25) is 0 Å². The van der Waals surface area contributed by atoms with E-state index in [-0.39, 0.29) is 0 Å². The molecule has 0 saturated carbocycles. The van der Waals surface area contributed by atoms with Crippen LogP contribution in [0.5, 0.6) is 0 Å². The van der Waals surface area contributed by atoms with E-state index in [1.807, 2.05) is 11.3 Å². The maximum atomic E-state index is 2.52. The minimum atomic E-state index is -0.616. The molecule has 0 bridgehead atoms. The zero-order valence-corrected chi connectivity index (χ0v) is 36.7. The van der Waals surface area contributed by atoms with Gasteiger partial charge in [-0.15, -0.1) is 11.3 Å². The van der Waals surface area contributed by atoms with Crippen molar-refractivity contribution < 1.29 is 0 Å². The highest BCUT2D eigenvalue weighted by molar-refractivity contribution is 7.26. The molecule has 1 spiro atoms. The van der Waals surface area contributed by atoms with E-state index < -0.39 is 5.41 Å². The van der Waals surface area contributed by atoms with Gasteiger partial charge in [-0.25, -0.2) is 0 Å². The van der Waals surface area contributed by atoms with Crippen LogP contribution in [-0.4, -0.2) is 0 Å². The fourth-order valence-electron chi connectivity index (χ4n) is 11.5. The van der Waals surface area contributed by atoms with E-state index in [0.29, 0.717) is 0 Å². The van der Waals surface area contributed by atoms with Crippen LogP contribution in [0.3, 0.4) is 0 Å². The predicted octanol–water partition coefficient (Wildman–Crippen LogP) is 17.6. The second kappa shape index (κ2) is 14.4. The number of rotatable bonds is 6. The first-order valence-electron chi connectivity index (χ1n) is 22.8. The number of hydrogen-bond acceptors (Lipinski definition) is 3. The highest BCUT2D eigenvalue weighted by Gasteiger charge is 2.53. The molecule has 0 saturated heterocycles. The lowest BCUT2D eigenvalue weighted by Crippen LogP contribution is -2.26. The van der Waals surface area contributed by atoms with Crippen LogP contribution < -0.4 is 9.80 Å².